The minimum Gasteiger partial charge on any atom is -0.508 e. The van der Waals surface area contributed by atoms with E-state index in [0.717, 1.165) is 16.9 Å². The fourth-order valence-corrected chi connectivity index (χ4v) is 2.58. The second-order valence-corrected chi connectivity index (χ2v) is 5.40. The number of phenolic OH excluding ortho intramolecular Hbond substituents is 1. The van der Waals surface area contributed by atoms with Crippen LogP contribution in [0.1, 0.15) is 0 Å². The molecule has 3 nitrogen and oxygen atoms in total. The molecule has 0 aromatic heterocycles. The van der Waals surface area contributed by atoms with Gasteiger partial charge < -0.3 is 9.84 Å². The molecule has 0 spiro atoms. The lowest BCUT2D eigenvalue weighted by Crippen LogP contribution is -1.98. The molecule has 0 aliphatic heterocycles. The molecule has 1 N–H and O–H groups in total. The van der Waals surface area contributed by atoms with Crippen molar-refractivity contribution in [2.75, 3.05) is 0 Å². The molecule has 0 bridgehead atoms. The Morgan fingerprint density at radius 1 is 0.818 bits per heavy atom. The molecule has 0 fully saturated rings. The smallest absolute Gasteiger partial charge is 0.192 e. The zero-order valence-corrected chi connectivity index (χ0v) is 12.5. The maximum atomic E-state index is 11.3. The van der Waals surface area contributed by atoms with Crippen molar-refractivity contribution in [3.05, 3.63) is 72.8 Å². The number of phenols is 1. The summed E-state index contributed by atoms with van der Waals surface area (Å²) in [5.41, 5.74) is 1.68. The largest absolute Gasteiger partial charge is 0.508 e. The van der Waals surface area contributed by atoms with Crippen LogP contribution in [0.2, 0.25) is 0 Å². The van der Waals surface area contributed by atoms with Crippen LogP contribution in [0, 0.1) is 0 Å². The van der Waals surface area contributed by atoms with Gasteiger partial charge in [0.2, 0.25) is 0 Å². The Hall–Kier alpha value is -2.64. The third-order valence-electron chi connectivity index (χ3n) is 3.22. The van der Waals surface area contributed by atoms with E-state index in [1.807, 2.05) is 36.4 Å². The van der Waals surface area contributed by atoms with E-state index in [4.69, 9.17) is 4.74 Å². The van der Waals surface area contributed by atoms with Crippen molar-refractivity contribution < 1.29 is 14.4 Å². The van der Waals surface area contributed by atoms with Gasteiger partial charge in [-0.15, -0.1) is 0 Å². The molecule has 0 atom stereocenters. The standard InChI is InChI=1S/C18H13O3P/c19-14-8-6-13(7-9-14)17-12-16(10-11-18(17)22-20)21-15-4-2-1-3-5-15/h1-12,19H. The van der Waals surface area contributed by atoms with Gasteiger partial charge in [-0.2, -0.15) is 0 Å². The van der Waals surface area contributed by atoms with Crippen molar-refractivity contribution in [3.8, 4) is 28.4 Å². The minimum absolute atomic E-state index is 0.0554. The van der Waals surface area contributed by atoms with Crippen LogP contribution in [0.25, 0.3) is 11.1 Å². The number of hydrogen-bond donors (Lipinski definition) is 1. The number of para-hydroxylation sites is 1. The van der Waals surface area contributed by atoms with E-state index >= 15 is 0 Å². The van der Waals surface area contributed by atoms with Crippen molar-refractivity contribution in [1.29, 1.82) is 0 Å². The van der Waals surface area contributed by atoms with Crippen LogP contribution in [0.4, 0.5) is 0 Å². The van der Waals surface area contributed by atoms with Gasteiger partial charge in [-0.3, -0.25) is 4.57 Å². The molecule has 0 heterocycles. The summed E-state index contributed by atoms with van der Waals surface area (Å²) < 4.78 is 17.2. The van der Waals surface area contributed by atoms with Crippen molar-refractivity contribution in [2.24, 2.45) is 0 Å². The summed E-state index contributed by atoms with van der Waals surface area (Å²) >= 11 is 0. The Kier molecular flexibility index (Phi) is 4.17. The Morgan fingerprint density at radius 2 is 1.55 bits per heavy atom. The highest BCUT2D eigenvalue weighted by Gasteiger charge is 2.08. The third-order valence-corrected chi connectivity index (χ3v) is 3.81. The normalized spacial score (nSPS) is 10.5. The summed E-state index contributed by atoms with van der Waals surface area (Å²) in [5, 5.41) is 10.1. The molecule has 0 aliphatic rings. The molecular weight excluding hydrogens is 295 g/mol. The van der Waals surface area contributed by atoms with E-state index < -0.39 is 0 Å². The van der Waals surface area contributed by atoms with Crippen LogP contribution < -0.4 is 10.0 Å². The first kappa shape index (κ1) is 14.3. The van der Waals surface area contributed by atoms with Gasteiger partial charge in [0.05, 0.1) is 5.30 Å². The van der Waals surface area contributed by atoms with E-state index in [-0.39, 0.29) is 14.2 Å². The second kappa shape index (κ2) is 6.42. The van der Waals surface area contributed by atoms with Crippen molar-refractivity contribution in [3.63, 3.8) is 0 Å². The quantitative estimate of drug-likeness (QED) is 0.706. The molecule has 0 aliphatic carbocycles. The van der Waals surface area contributed by atoms with E-state index in [2.05, 4.69) is 0 Å². The molecular formula is C18H13O3P. The summed E-state index contributed by atoms with van der Waals surface area (Å²) in [4.78, 5) is 0. The van der Waals surface area contributed by atoms with Crippen LogP contribution in [0.5, 0.6) is 17.2 Å². The summed E-state index contributed by atoms with van der Waals surface area (Å²) in [6.07, 6.45) is 0. The average Bonchev–Trinajstić information content (AvgIpc) is 2.56. The van der Waals surface area contributed by atoms with Gasteiger partial charge in [0.25, 0.3) is 0 Å². The van der Waals surface area contributed by atoms with Crippen LogP contribution >= 0.6 is 8.46 Å². The zero-order chi connectivity index (χ0) is 15.4. The van der Waals surface area contributed by atoms with Crippen molar-refractivity contribution in [2.45, 2.75) is 0 Å². The highest BCUT2D eigenvalue weighted by atomic mass is 31.1. The summed E-state index contributed by atoms with van der Waals surface area (Å²) in [5.74, 6) is 1.61. The lowest BCUT2D eigenvalue weighted by Gasteiger charge is -2.10. The van der Waals surface area contributed by atoms with Crippen molar-refractivity contribution >= 4 is 13.8 Å². The zero-order valence-electron chi connectivity index (χ0n) is 11.6. The molecule has 3 aromatic carbocycles. The summed E-state index contributed by atoms with van der Waals surface area (Å²) in [6, 6.07) is 21.7. The third kappa shape index (κ3) is 3.16. The van der Waals surface area contributed by atoms with Gasteiger partial charge in [-0.25, -0.2) is 0 Å². The second-order valence-electron chi connectivity index (χ2n) is 4.73. The Labute approximate surface area is 130 Å². The number of hydrogen-bond acceptors (Lipinski definition) is 3. The molecule has 108 valence electrons. The first-order valence-corrected chi connectivity index (χ1v) is 7.57. The van der Waals surface area contributed by atoms with Crippen LogP contribution in [-0.2, 0) is 4.57 Å². The average molecular weight is 308 g/mol. The van der Waals surface area contributed by atoms with E-state index in [0.29, 0.717) is 11.1 Å². The molecule has 0 saturated heterocycles. The van der Waals surface area contributed by atoms with Crippen LogP contribution in [-0.4, -0.2) is 5.11 Å². The van der Waals surface area contributed by atoms with Crippen LogP contribution in [0.15, 0.2) is 72.8 Å². The summed E-state index contributed by atoms with van der Waals surface area (Å²) in [7, 11) is -0.0554. The highest BCUT2D eigenvalue weighted by Crippen LogP contribution is 2.28. The maximum absolute atomic E-state index is 11.3. The number of rotatable bonds is 4. The Balaban J connectivity index is 1.99. The lowest BCUT2D eigenvalue weighted by molar-refractivity contribution is 0.475. The van der Waals surface area contributed by atoms with Crippen LogP contribution in [0.3, 0.4) is 0 Å². The SMILES string of the molecule is O=Pc1ccc(Oc2ccccc2)cc1-c1ccc(O)cc1. The molecule has 0 saturated carbocycles. The van der Waals surface area contributed by atoms with Gasteiger partial charge in [-0.1, -0.05) is 30.3 Å². The fourth-order valence-electron chi connectivity index (χ4n) is 2.16. The monoisotopic (exact) mass is 308 g/mol. The predicted octanol–water partition coefficient (Wildman–Crippen LogP) is 4.77. The molecule has 22 heavy (non-hydrogen) atoms. The molecule has 0 radical (unpaired) electrons. The topological polar surface area (TPSA) is 46.5 Å². The molecule has 4 heteroatoms. The molecule has 3 aromatic rings. The van der Waals surface area contributed by atoms with Gasteiger partial charge in [0.1, 0.15) is 17.2 Å². The first-order valence-electron chi connectivity index (χ1n) is 6.76. The number of ether oxygens (including phenoxy) is 1. The van der Waals surface area contributed by atoms with Gasteiger partial charge in [0, 0.05) is 5.56 Å². The summed E-state index contributed by atoms with van der Waals surface area (Å²) in [6.45, 7) is 0. The van der Waals surface area contributed by atoms with E-state index in [1.54, 1.807) is 36.4 Å². The minimum atomic E-state index is -0.0554. The lowest BCUT2D eigenvalue weighted by atomic mass is 10.1. The molecule has 0 unspecified atom stereocenters. The highest BCUT2D eigenvalue weighted by molar-refractivity contribution is 7.34. The molecule has 3 rings (SSSR count). The maximum Gasteiger partial charge on any atom is 0.192 e. The number of benzene rings is 3. The van der Waals surface area contributed by atoms with Gasteiger partial charge >= 0.3 is 0 Å². The van der Waals surface area contributed by atoms with Gasteiger partial charge in [-0.05, 0) is 48.0 Å². The number of aromatic hydroxyl groups is 1. The predicted molar refractivity (Wildman–Crippen MR) is 87.3 cm³/mol. The Bertz CT molecular complexity index is 783. The van der Waals surface area contributed by atoms with E-state index in [9.17, 15) is 9.67 Å². The fraction of sp³-hybridized carbons (Fsp3) is 0. The van der Waals surface area contributed by atoms with Gasteiger partial charge in [0.15, 0.2) is 8.46 Å². The van der Waals surface area contributed by atoms with Crippen molar-refractivity contribution in [1.82, 2.24) is 0 Å². The Morgan fingerprint density at radius 3 is 2.23 bits per heavy atom. The van der Waals surface area contributed by atoms with E-state index in [1.165, 1.54) is 0 Å². The molecule has 0 amide bonds. The first-order chi connectivity index (χ1) is 10.8.